The molecule has 2 heterocycles. The van der Waals surface area contributed by atoms with E-state index >= 15 is 0 Å². The molecular weight excluding hydrogens is 370 g/mol. The van der Waals surface area contributed by atoms with Crippen LogP contribution in [0, 0.1) is 0 Å². The number of rotatable bonds is 7. The van der Waals surface area contributed by atoms with Crippen molar-refractivity contribution in [3.8, 4) is 5.75 Å². The Morgan fingerprint density at radius 1 is 1.34 bits per heavy atom. The third-order valence-corrected chi connectivity index (χ3v) is 5.76. The number of amides is 1. The molecule has 8 nitrogen and oxygen atoms in total. The number of hydrogen-bond acceptors (Lipinski definition) is 7. The van der Waals surface area contributed by atoms with Gasteiger partial charge in [-0.3, -0.25) is 4.79 Å². The summed E-state index contributed by atoms with van der Waals surface area (Å²) in [6.07, 6.45) is 6.45. The van der Waals surface area contributed by atoms with Crippen molar-refractivity contribution in [1.82, 2.24) is 14.9 Å². The van der Waals surface area contributed by atoms with Gasteiger partial charge in [0.15, 0.2) is 0 Å². The first-order valence-corrected chi connectivity index (χ1v) is 10.0. The molecule has 1 saturated carbocycles. The summed E-state index contributed by atoms with van der Waals surface area (Å²) in [5.74, 6) is 2.60. The van der Waals surface area contributed by atoms with Crippen LogP contribution in [0.15, 0.2) is 24.4 Å². The summed E-state index contributed by atoms with van der Waals surface area (Å²) in [4.78, 5) is 22.3. The van der Waals surface area contributed by atoms with Crippen molar-refractivity contribution < 1.29 is 14.3 Å². The molecule has 2 N–H and O–H groups in total. The lowest BCUT2D eigenvalue weighted by molar-refractivity contribution is -0.126. The molecule has 8 heteroatoms. The second-order valence-electron chi connectivity index (χ2n) is 7.39. The lowest BCUT2D eigenvalue weighted by Gasteiger charge is -2.33. The molecule has 154 valence electrons. The van der Waals surface area contributed by atoms with Gasteiger partial charge in [0.05, 0.1) is 32.1 Å². The van der Waals surface area contributed by atoms with Crippen LogP contribution in [-0.4, -0.2) is 55.2 Å². The first-order chi connectivity index (χ1) is 14.2. The number of benzene rings is 1. The molecule has 1 unspecified atom stereocenters. The quantitative estimate of drug-likeness (QED) is 0.694. The number of anilines is 3. The zero-order chi connectivity index (χ0) is 20.2. The van der Waals surface area contributed by atoms with E-state index in [4.69, 9.17) is 9.47 Å². The van der Waals surface area contributed by atoms with Crippen LogP contribution in [0.1, 0.15) is 42.3 Å². The Bertz CT molecular complexity index is 871. The van der Waals surface area contributed by atoms with E-state index in [2.05, 4.69) is 20.6 Å². The second kappa shape index (κ2) is 8.65. The summed E-state index contributed by atoms with van der Waals surface area (Å²) in [5.41, 5.74) is 2.92. The van der Waals surface area contributed by atoms with E-state index in [0.717, 1.165) is 23.5 Å². The van der Waals surface area contributed by atoms with Gasteiger partial charge in [0.2, 0.25) is 12.4 Å². The van der Waals surface area contributed by atoms with Crippen molar-refractivity contribution >= 4 is 23.9 Å². The van der Waals surface area contributed by atoms with E-state index in [0.29, 0.717) is 37.4 Å². The van der Waals surface area contributed by atoms with Crippen LogP contribution in [0.25, 0.3) is 0 Å². The topological polar surface area (TPSA) is 88.6 Å². The second-order valence-corrected chi connectivity index (χ2v) is 7.39. The van der Waals surface area contributed by atoms with E-state index in [1.54, 1.807) is 12.0 Å². The van der Waals surface area contributed by atoms with E-state index < -0.39 is 0 Å². The van der Waals surface area contributed by atoms with Crippen molar-refractivity contribution in [2.75, 3.05) is 44.5 Å². The highest BCUT2D eigenvalue weighted by molar-refractivity contribution is 5.65. The van der Waals surface area contributed by atoms with Gasteiger partial charge >= 0.3 is 0 Å². The average Bonchev–Trinajstić information content (AvgIpc) is 2.73. The number of hydrogen-bond donors (Lipinski definition) is 2. The monoisotopic (exact) mass is 397 g/mol. The number of nitrogens with zero attached hydrogens (tertiary/aromatic N) is 3. The van der Waals surface area contributed by atoms with Gasteiger partial charge in [-0.15, -0.1) is 0 Å². The van der Waals surface area contributed by atoms with Gasteiger partial charge in [0.25, 0.3) is 0 Å². The molecule has 2 fully saturated rings. The summed E-state index contributed by atoms with van der Waals surface area (Å²) < 4.78 is 11.1. The molecule has 0 bridgehead atoms. The highest BCUT2D eigenvalue weighted by Gasteiger charge is 2.25. The highest BCUT2D eigenvalue weighted by atomic mass is 16.5. The van der Waals surface area contributed by atoms with E-state index in [1.807, 2.05) is 31.4 Å². The average molecular weight is 397 g/mol. The molecule has 1 aromatic heterocycles. The van der Waals surface area contributed by atoms with E-state index in [9.17, 15) is 4.79 Å². The molecule has 1 saturated heterocycles. The van der Waals surface area contributed by atoms with Crippen molar-refractivity contribution in [2.24, 2.45) is 0 Å². The molecule has 4 rings (SSSR count). The van der Waals surface area contributed by atoms with Gasteiger partial charge in [0, 0.05) is 25.4 Å². The molecule has 0 spiro atoms. The Hall–Kier alpha value is -2.87. The summed E-state index contributed by atoms with van der Waals surface area (Å²) in [6.45, 7) is 1.63. The highest BCUT2D eigenvalue weighted by Crippen LogP contribution is 2.39. The molecule has 2 aliphatic rings. The minimum atomic E-state index is -0.113. The third-order valence-electron chi connectivity index (χ3n) is 5.76. The zero-order valence-electron chi connectivity index (χ0n) is 16.9. The Labute approximate surface area is 170 Å². The maximum absolute atomic E-state index is 11.4. The van der Waals surface area contributed by atoms with Gasteiger partial charge < -0.3 is 25.0 Å². The van der Waals surface area contributed by atoms with Gasteiger partial charge in [-0.2, -0.15) is 4.98 Å². The molecule has 1 aliphatic carbocycles. The summed E-state index contributed by atoms with van der Waals surface area (Å²) >= 11 is 0. The minimum absolute atomic E-state index is 0.113. The Morgan fingerprint density at radius 2 is 2.21 bits per heavy atom. The van der Waals surface area contributed by atoms with Crippen molar-refractivity contribution in [1.29, 1.82) is 0 Å². The maximum Gasteiger partial charge on any atom is 0.229 e. The van der Waals surface area contributed by atoms with Gasteiger partial charge in [0.1, 0.15) is 11.6 Å². The summed E-state index contributed by atoms with van der Waals surface area (Å²) in [6, 6.07) is 5.72. The van der Waals surface area contributed by atoms with Crippen molar-refractivity contribution in [3.63, 3.8) is 0 Å². The van der Waals surface area contributed by atoms with Crippen LogP contribution in [0.5, 0.6) is 5.75 Å². The van der Waals surface area contributed by atoms with Gasteiger partial charge in [-0.25, -0.2) is 4.98 Å². The van der Waals surface area contributed by atoms with Crippen LogP contribution >= 0.6 is 0 Å². The minimum Gasteiger partial charge on any atom is -0.495 e. The van der Waals surface area contributed by atoms with Crippen molar-refractivity contribution in [2.45, 2.75) is 31.2 Å². The number of carbonyl (C=O) groups excluding carboxylic acids is 1. The first kappa shape index (κ1) is 19.4. The lowest BCUT2D eigenvalue weighted by atomic mass is 9.81. The van der Waals surface area contributed by atoms with Gasteiger partial charge in [-0.1, -0.05) is 12.5 Å². The van der Waals surface area contributed by atoms with E-state index in [-0.39, 0.29) is 6.04 Å². The normalized spacial score (nSPS) is 19.4. The number of nitrogens with one attached hydrogen (secondary N) is 2. The number of methoxy groups -OCH3 is 1. The Balaban J connectivity index is 1.56. The molecule has 1 aliphatic heterocycles. The molecular formula is C21H27N5O3. The smallest absolute Gasteiger partial charge is 0.229 e. The largest absolute Gasteiger partial charge is 0.495 e. The molecule has 1 atom stereocenters. The zero-order valence-corrected chi connectivity index (χ0v) is 16.9. The predicted molar refractivity (Wildman–Crippen MR) is 111 cm³/mol. The Kier molecular flexibility index (Phi) is 5.80. The van der Waals surface area contributed by atoms with Crippen LogP contribution in [0.2, 0.25) is 0 Å². The van der Waals surface area contributed by atoms with Crippen LogP contribution in [0.4, 0.5) is 17.5 Å². The van der Waals surface area contributed by atoms with Crippen molar-refractivity contribution in [3.05, 3.63) is 35.5 Å². The molecule has 0 radical (unpaired) electrons. The van der Waals surface area contributed by atoms with Crippen LogP contribution in [0.3, 0.4) is 0 Å². The SMILES string of the molecule is CNc1nc(Nc2ccc(C3COCCN3C=O)cc2OC)ncc1C1CCC1. The maximum atomic E-state index is 11.4. The number of morpholine rings is 1. The number of carbonyl (C=O) groups is 1. The van der Waals surface area contributed by atoms with Gasteiger partial charge in [-0.05, 0) is 36.5 Å². The summed E-state index contributed by atoms with van der Waals surface area (Å²) in [5, 5.41) is 6.44. The number of aromatic nitrogens is 2. The molecule has 2 aromatic rings. The number of ether oxygens (including phenoxy) is 2. The fraction of sp³-hybridized carbons (Fsp3) is 0.476. The standard InChI is InChI=1S/C21H27N5O3/c1-22-20-16(14-4-3-5-14)11-23-21(25-20)24-17-7-6-15(10-19(17)28-2)18-12-29-9-8-26(18)13-27/h6-7,10-11,13-14,18H,3-5,8-9,12H2,1-2H3,(H2,22,23,24,25). The molecule has 29 heavy (non-hydrogen) atoms. The fourth-order valence-corrected chi connectivity index (χ4v) is 3.84. The molecule has 1 aromatic carbocycles. The Morgan fingerprint density at radius 3 is 2.90 bits per heavy atom. The molecule has 1 amide bonds. The lowest BCUT2D eigenvalue weighted by Crippen LogP contribution is -2.38. The third kappa shape index (κ3) is 3.98. The van der Waals surface area contributed by atoms with Crippen LogP contribution < -0.4 is 15.4 Å². The fourth-order valence-electron chi connectivity index (χ4n) is 3.84. The summed E-state index contributed by atoms with van der Waals surface area (Å²) in [7, 11) is 3.51. The predicted octanol–water partition coefficient (Wildman–Crippen LogP) is 3.07. The van der Waals surface area contributed by atoms with Crippen LogP contribution in [-0.2, 0) is 9.53 Å². The van der Waals surface area contributed by atoms with E-state index in [1.165, 1.54) is 24.8 Å². The first-order valence-electron chi connectivity index (χ1n) is 10.0.